The first-order valence-corrected chi connectivity index (χ1v) is 11.5. The van der Waals surface area contributed by atoms with Crippen molar-refractivity contribution in [3.8, 4) is 0 Å². The minimum atomic E-state index is -3.63. The summed E-state index contributed by atoms with van der Waals surface area (Å²) in [5, 5.41) is 0. The number of esters is 1. The Morgan fingerprint density at radius 1 is 1.24 bits per heavy atom. The number of carbonyl (C=O) groups excluding carboxylic acids is 1. The lowest BCUT2D eigenvalue weighted by atomic mass is 9.95. The molecule has 1 atom stereocenters. The molecule has 29 heavy (non-hydrogen) atoms. The van der Waals surface area contributed by atoms with Crippen LogP contribution in [0.15, 0.2) is 41.4 Å². The van der Waals surface area contributed by atoms with Crippen LogP contribution in [0.2, 0.25) is 0 Å². The van der Waals surface area contributed by atoms with E-state index in [1.807, 2.05) is 0 Å². The molecule has 1 aromatic heterocycles. The van der Waals surface area contributed by atoms with E-state index in [9.17, 15) is 13.2 Å². The molecule has 8 heteroatoms. The van der Waals surface area contributed by atoms with Gasteiger partial charge in [-0.05, 0) is 42.4 Å². The van der Waals surface area contributed by atoms with Gasteiger partial charge >= 0.3 is 5.97 Å². The van der Waals surface area contributed by atoms with E-state index >= 15 is 0 Å². The minimum absolute atomic E-state index is 0.116. The number of rotatable bonds is 5. The summed E-state index contributed by atoms with van der Waals surface area (Å²) < 4.78 is 32.3. The summed E-state index contributed by atoms with van der Waals surface area (Å²) in [6, 6.07) is 9.90. The molecular weight excluding hydrogens is 390 g/mol. The number of hydrogen-bond donors (Lipinski definition) is 1. The molecule has 1 saturated heterocycles. The third kappa shape index (κ3) is 4.24. The molecule has 0 amide bonds. The minimum Gasteiger partial charge on any atom is -0.464 e. The predicted octanol–water partition coefficient (Wildman–Crippen LogP) is 2.26. The van der Waals surface area contributed by atoms with Crippen LogP contribution in [0.25, 0.3) is 0 Å². The summed E-state index contributed by atoms with van der Waals surface area (Å²) >= 11 is 0. The number of nitrogens with one attached hydrogen (secondary N) is 1. The summed E-state index contributed by atoms with van der Waals surface area (Å²) in [7, 11) is -2.36. The van der Waals surface area contributed by atoms with Gasteiger partial charge in [-0.3, -0.25) is 4.90 Å². The fraction of sp³-hybridized carbons (Fsp3) is 0.476. The third-order valence-electron chi connectivity index (χ3n) is 5.91. The molecule has 7 nitrogen and oxygen atoms in total. The first kappa shape index (κ1) is 20.1. The van der Waals surface area contributed by atoms with Gasteiger partial charge in [0.25, 0.3) is 0 Å². The molecule has 156 valence electrons. The number of ether oxygens (including phenoxy) is 1. The first-order chi connectivity index (χ1) is 14.0. The second kappa shape index (κ2) is 8.30. The first-order valence-electron chi connectivity index (χ1n) is 10.0. The lowest BCUT2D eigenvalue weighted by Crippen LogP contribution is -2.44. The zero-order valence-electron chi connectivity index (χ0n) is 16.6. The number of piperidine rings is 1. The lowest BCUT2D eigenvalue weighted by molar-refractivity contribution is 0.0594. The summed E-state index contributed by atoms with van der Waals surface area (Å²) in [5.41, 5.74) is 2.94. The van der Waals surface area contributed by atoms with Crippen LogP contribution in [0.5, 0.6) is 0 Å². The van der Waals surface area contributed by atoms with Gasteiger partial charge in [-0.2, -0.15) is 4.31 Å². The van der Waals surface area contributed by atoms with Crippen LogP contribution in [0.4, 0.5) is 0 Å². The summed E-state index contributed by atoms with van der Waals surface area (Å²) in [6.07, 6.45) is 4.30. The van der Waals surface area contributed by atoms with Gasteiger partial charge in [0.1, 0.15) is 10.6 Å². The maximum Gasteiger partial charge on any atom is 0.354 e. The van der Waals surface area contributed by atoms with Crippen molar-refractivity contribution in [2.45, 2.75) is 30.7 Å². The van der Waals surface area contributed by atoms with Gasteiger partial charge in [0.2, 0.25) is 10.0 Å². The van der Waals surface area contributed by atoms with Crippen molar-refractivity contribution in [1.82, 2.24) is 14.2 Å². The second-order valence-corrected chi connectivity index (χ2v) is 9.80. The van der Waals surface area contributed by atoms with E-state index in [4.69, 9.17) is 0 Å². The van der Waals surface area contributed by atoms with Crippen molar-refractivity contribution >= 4 is 16.0 Å². The van der Waals surface area contributed by atoms with Gasteiger partial charge in [0.05, 0.1) is 7.11 Å². The van der Waals surface area contributed by atoms with Gasteiger partial charge in [-0.15, -0.1) is 0 Å². The number of H-pyrrole nitrogens is 1. The highest BCUT2D eigenvalue weighted by Gasteiger charge is 2.32. The van der Waals surface area contributed by atoms with E-state index in [1.54, 1.807) is 4.31 Å². The average Bonchev–Trinajstić information content (AvgIpc) is 3.24. The van der Waals surface area contributed by atoms with Crippen LogP contribution in [0, 0.1) is 5.92 Å². The topological polar surface area (TPSA) is 82.7 Å². The molecule has 2 aliphatic rings. The highest BCUT2D eigenvalue weighted by molar-refractivity contribution is 7.89. The van der Waals surface area contributed by atoms with Crippen LogP contribution in [-0.4, -0.2) is 61.9 Å². The monoisotopic (exact) mass is 417 g/mol. The number of fused-ring (bicyclic) bond motifs is 1. The Morgan fingerprint density at radius 2 is 2.03 bits per heavy atom. The highest BCUT2D eigenvalue weighted by Crippen LogP contribution is 2.27. The predicted molar refractivity (Wildman–Crippen MR) is 109 cm³/mol. The summed E-state index contributed by atoms with van der Waals surface area (Å²) in [4.78, 5) is 16.9. The Hall–Kier alpha value is -2.16. The molecule has 2 aliphatic heterocycles. The molecule has 4 rings (SSSR count). The zero-order chi connectivity index (χ0) is 20.4. The van der Waals surface area contributed by atoms with Crippen LogP contribution in [0.1, 0.15) is 34.5 Å². The van der Waals surface area contributed by atoms with Crippen molar-refractivity contribution in [3.05, 3.63) is 53.3 Å². The fourth-order valence-electron chi connectivity index (χ4n) is 4.37. The number of aromatic amines is 1. The molecule has 1 N–H and O–H groups in total. The molecule has 1 unspecified atom stereocenters. The Balaban J connectivity index is 1.42. The molecule has 2 aromatic rings. The van der Waals surface area contributed by atoms with Crippen molar-refractivity contribution < 1.29 is 17.9 Å². The number of sulfonamides is 1. The van der Waals surface area contributed by atoms with Gasteiger partial charge in [0.15, 0.2) is 0 Å². The molecule has 1 fully saturated rings. The summed E-state index contributed by atoms with van der Waals surface area (Å²) in [5.74, 6) is -0.267. The molecule has 0 bridgehead atoms. The molecule has 0 aliphatic carbocycles. The second-order valence-electron chi connectivity index (χ2n) is 7.87. The van der Waals surface area contributed by atoms with Gasteiger partial charge in [0, 0.05) is 38.9 Å². The molecule has 0 radical (unpaired) electrons. The number of nitrogens with zero attached hydrogens (tertiary/aromatic N) is 2. The van der Waals surface area contributed by atoms with Crippen molar-refractivity contribution in [2.75, 3.05) is 33.3 Å². The Kier molecular flexibility index (Phi) is 5.76. The van der Waals surface area contributed by atoms with Gasteiger partial charge in [-0.1, -0.05) is 24.3 Å². The largest absolute Gasteiger partial charge is 0.464 e. The maximum absolute atomic E-state index is 13.1. The molecule has 0 saturated carbocycles. The fourth-order valence-corrected chi connectivity index (χ4v) is 5.92. The number of benzene rings is 1. The highest BCUT2D eigenvalue weighted by atomic mass is 32.2. The number of hydrogen-bond acceptors (Lipinski definition) is 5. The maximum atomic E-state index is 13.1. The van der Waals surface area contributed by atoms with Crippen molar-refractivity contribution in [2.24, 2.45) is 5.92 Å². The number of methoxy groups -OCH3 is 1. The SMILES string of the molecule is COC(=O)c1cc(S(=O)(=O)N2CCCC(CN3CCc4ccccc4C3)C2)c[nH]1. The van der Waals surface area contributed by atoms with E-state index in [0.717, 1.165) is 38.9 Å². The number of carbonyl (C=O) groups is 1. The normalized spacial score (nSPS) is 20.9. The van der Waals surface area contributed by atoms with E-state index in [2.05, 4.69) is 38.9 Å². The van der Waals surface area contributed by atoms with Crippen molar-refractivity contribution in [1.29, 1.82) is 0 Å². The molecule has 3 heterocycles. The van der Waals surface area contributed by atoms with Gasteiger partial charge in [-0.25, -0.2) is 13.2 Å². The average molecular weight is 418 g/mol. The van der Waals surface area contributed by atoms with E-state index in [1.165, 1.54) is 30.5 Å². The smallest absolute Gasteiger partial charge is 0.354 e. The third-order valence-corrected chi connectivity index (χ3v) is 7.75. The lowest BCUT2D eigenvalue weighted by Gasteiger charge is -2.36. The Morgan fingerprint density at radius 3 is 2.83 bits per heavy atom. The molecule has 1 aromatic carbocycles. The van der Waals surface area contributed by atoms with E-state index < -0.39 is 16.0 Å². The standard InChI is InChI=1S/C21H27N3O4S/c1-28-21(25)20-11-19(12-22-20)29(26,27)24-9-4-5-16(14-24)13-23-10-8-17-6-2-3-7-18(17)15-23/h2-3,6-7,11-12,16,22H,4-5,8-10,13-15H2,1H3. The van der Waals surface area contributed by atoms with E-state index in [-0.39, 0.29) is 10.6 Å². The van der Waals surface area contributed by atoms with Gasteiger partial charge < -0.3 is 9.72 Å². The van der Waals surface area contributed by atoms with Crippen LogP contribution in [-0.2, 0) is 27.7 Å². The van der Waals surface area contributed by atoms with E-state index in [0.29, 0.717) is 19.0 Å². The summed E-state index contributed by atoms with van der Waals surface area (Å²) in [6.45, 7) is 3.88. The van der Waals surface area contributed by atoms with Crippen LogP contribution < -0.4 is 0 Å². The number of aromatic nitrogens is 1. The quantitative estimate of drug-likeness (QED) is 0.755. The van der Waals surface area contributed by atoms with Crippen molar-refractivity contribution in [3.63, 3.8) is 0 Å². The zero-order valence-corrected chi connectivity index (χ0v) is 17.5. The molecular formula is C21H27N3O4S. The molecule has 0 spiro atoms. The Bertz CT molecular complexity index is 985. The van der Waals surface area contributed by atoms with Crippen LogP contribution in [0.3, 0.4) is 0 Å². The van der Waals surface area contributed by atoms with Crippen LogP contribution >= 0.6 is 0 Å². The Labute approximate surface area is 171 Å².